The van der Waals surface area contributed by atoms with Gasteiger partial charge < -0.3 is 10.2 Å². The van der Waals surface area contributed by atoms with E-state index in [0.29, 0.717) is 6.04 Å². The average molecular weight is 252 g/mol. The van der Waals surface area contributed by atoms with Crippen molar-refractivity contribution in [3.05, 3.63) is 18.0 Å². The Hall–Kier alpha value is -0.870. The lowest BCUT2D eigenvalue weighted by Gasteiger charge is -2.40. The molecule has 0 aliphatic carbocycles. The number of aromatic nitrogens is 2. The molecule has 0 aliphatic rings. The Balaban J connectivity index is 2.78. The molecule has 1 aromatic heterocycles. The van der Waals surface area contributed by atoms with Crippen LogP contribution in [0.4, 0.5) is 0 Å². The van der Waals surface area contributed by atoms with Crippen molar-refractivity contribution in [3.8, 4) is 0 Å². The molecule has 0 bridgehead atoms. The van der Waals surface area contributed by atoms with Gasteiger partial charge in [0.15, 0.2) is 0 Å². The Morgan fingerprint density at radius 3 is 2.56 bits per heavy atom. The largest absolute Gasteiger partial charge is 0.312 e. The molecule has 4 heteroatoms. The molecule has 4 nitrogen and oxygen atoms in total. The normalized spacial score (nSPS) is 14.2. The van der Waals surface area contributed by atoms with Crippen LogP contribution in [0.25, 0.3) is 0 Å². The van der Waals surface area contributed by atoms with Gasteiger partial charge in [-0.1, -0.05) is 6.92 Å². The third-order valence-corrected chi connectivity index (χ3v) is 3.84. The number of likely N-dealkylation sites (N-methyl/N-ethyl adjacent to an activating group) is 1. The summed E-state index contributed by atoms with van der Waals surface area (Å²) >= 11 is 0. The number of aryl methyl sites for hydroxylation is 1. The Morgan fingerprint density at radius 1 is 1.44 bits per heavy atom. The SMILES string of the molecule is CCCNC(Cc1cnn(C)c1)C(C)(C)N(C)C. The van der Waals surface area contributed by atoms with Crippen LogP contribution in [-0.2, 0) is 13.5 Å². The van der Waals surface area contributed by atoms with E-state index in [1.807, 2.05) is 17.9 Å². The third kappa shape index (κ3) is 3.82. The van der Waals surface area contributed by atoms with Crippen LogP contribution in [0.5, 0.6) is 0 Å². The minimum absolute atomic E-state index is 0.116. The van der Waals surface area contributed by atoms with Crippen LogP contribution < -0.4 is 5.32 Å². The minimum atomic E-state index is 0.116. The standard InChI is InChI=1S/C14H28N4/c1-7-8-15-13(14(2,3)17(4)5)9-12-10-16-18(6)11-12/h10-11,13,15H,7-9H2,1-6H3. The fourth-order valence-corrected chi connectivity index (χ4v) is 2.01. The number of rotatable bonds is 7. The summed E-state index contributed by atoms with van der Waals surface area (Å²) in [7, 11) is 6.25. The maximum atomic E-state index is 4.25. The van der Waals surface area contributed by atoms with Crippen molar-refractivity contribution in [1.82, 2.24) is 20.0 Å². The lowest BCUT2D eigenvalue weighted by molar-refractivity contribution is 0.137. The highest BCUT2D eigenvalue weighted by Crippen LogP contribution is 2.19. The van der Waals surface area contributed by atoms with Gasteiger partial charge in [0, 0.05) is 24.8 Å². The molecule has 0 spiro atoms. The summed E-state index contributed by atoms with van der Waals surface area (Å²) in [5.74, 6) is 0. The van der Waals surface area contributed by atoms with Gasteiger partial charge in [-0.3, -0.25) is 4.68 Å². The van der Waals surface area contributed by atoms with Gasteiger partial charge >= 0.3 is 0 Å². The molecule has 1 rings (SSSR count). The van der Waals surface area contributed by atoms with E-state index in [4.69, 9.17) is 0 Å². The van der Waals surface area contributed by atoms with Gasteiger partial charge in [-0.2, -0.15) is 5.10 Å². The lowest BCUT2D eigenvalue weighted by atomic mass is 9.88. The van der Waals surface area contributed by atoms with E-state index in [9.17, 15) is 0 Å². The zero-order valence-corrected chi connectivity index (χ0v) is 12.7. The van der Waals surface area contributed by atoms with Crippen LogP contribution in [0.1, 0.15) is 32.8 Å². The van der Waals surface area contributed by atoms with Gasteiger partial charge in [0.25, 0.3) is 0 Å². The Kier molecular flexibility index (Phi) is 5.35. The van der Waals surface area contributed by atoms with Crippen molar-refractivity contribution in [2.45, 2.75) is 45.2 Å². The van der Waals surface area contributed by atoms with Crippen LogP contribution in [0.15, 0.2) is 12.4 Å². The topological polar surface area (TPSA) is 33.1 Å². The van der Waals surface area contributed by atoms with Gasteiger partial charge in [-0.15, -0.1) is 0 Å². The first-order valence-electron chi connectivity index (χ1n) is 6.76. The summed E-state index contributed by atoms with van der Waals surface area (Å²) in [6, 6.07) is 0.427. The molecule has 1 unspecified atom stereocenters. The molecule has 0 fully saturated rings. The summed E-state index contributed by atoms with van der Waals surface area (Å²) in [4.78, 5) is 2.29. The van der Waals surface area contributed by atoms with Gasteiger partial charge in [0.2, 0.25) is 0 Å². The number of hydrogen-bond donors (Lipinski definition) is 1. The summed E-state index contributed by atoms with van der Waals surface area (Å²) < 4.78 is 1.87. The fraction of sp³-hybridized carbons (Fsp3) is 0.786. The maximum Gasteiger partial charge on any atom is 0.0522 e. The predicted molar refractivity (Wildman–Crippen MR) is 76.8 cm³/mol. The third-order valence-electron chi connectivity index (χ3n) is 3.84. The highest BCUT2D eigenvalue weighted by Gasteiger charge is 2.31. The fourth-order valence-electron chi connectivity index (χ4n) is 2.01. The zero-order chi connectivity index (χ0) is 13.8. The summed E-state index contributed by atoms with van der Waals surface area (Å²) in [5.41, 5.74) is 1.41. The maximum absolute atomic E-state index is 4.25. The van der Waals surface area contributed by atoms with Crippen molar-refractivity contribution in [2.75, 3.05) is 20.6 Å². The molecule has 18 heavy (non-hydrogen) atoms. The molecule has 0 saturated carbocycles. The molecule has 1 heterocycles. The number of hydrogen-bond acceptors (Lipinski definition) is 3. The smallest absolute Gasteiger partial charge is 0.0522 e. The molecule has 104 valence electrons. The van der Waals surface area contributed by atoms with Crippen LogP contribution in [0.3, 0.4) is 0 Å². The lowest BCUT2D eigenvalue weighted by Crippen LogP contribution is -2.56. The Morgan fingerprint density at radius 2 is 2.11 bits per heavy atom. The van der Waals surface area contributed by atoms with Crippen LogP contribution in [-0.4, -0.2) is 46.9 Å². The van der Waals surface area contributed by atoms with Gasteiger partial charge in [0.1, 0.15) is 0 Å². The van der Waals surface area contributed by atoms with Crippen molar-refractivity contribution < 1.29 is 0 Å². The van der Waals surface area contributed by atoms with Gasteiger partial charge in [-0.05, 0) is 52.9 Å². The molecule has 1 atom stereocenters. The first-order chi connectivity index (χ1) is 8.37. The zero-order valence-electron chi connectivity index (χ0n) is 12.7. The van der Waals surface area contributed by atoms with E-state index in [-0.39, 0.29) is 5.54 Å². The Labute approximate surface area is 111 Å². The van der Waals surface area contributed by atoms with Crippen molar-refractivity contribution in [2.24, 2.45) is 7.05 Å². The van der Waals surface area contributed by atoms with E-state index >= 15 is 0 Å². The van der Waals surface area contributed by atoms with Gasteiger partial charge in [0.05, 0.1) is 6.20 Å². The average Bonchev–Trinajstić information content (AvgIpc) is 2.69. The molecule has 0 aliphatic heterocycles. The molecule has 0 amide bonds. The summed E-state index contributed by atoms with van der Waals surface area (Å²) in [5, 5.41) is 7.92. The van der Waals surface area contributed by atoms with E-state index in [2.05, 4.69) is 56.4 Å². The second-order valence-corrected chi connectivity index (χ2v) is 5.78. The first-order valence-corrected chi connectivity index (χ1v) is 6.76. The van der Waals surface area contributed by atoms with E-state index in [1.165, 1.54) is 5.56 Å². The second-order valence-electron chi connectivity index (χ2n) is 5.78. The molecular weight excluding hydrogens is 224 g/mol. The first kappa shape index (κ1) is 15.2. The highest BCUT2D eigenvalue weighted by molar-refractivity contribution is 5.09. The van der Waals surface area contributed by atoms with E-state index in [0.717, 1.165) is 19.4 Å². The molecular formula is C14H28N4. The minimum Gasteiger partial charge on any atom is -0.312 e. The van der Waals surface area contributed by atoms with Crippen LogP contribution >= 0.6 is 0 Å². The second kappa shape index (κ2) is 6.34. The highest BCUT2D eigenvalue weighted by atomic mass is 15.2. The van der Waals surface area contributed by atoms with Crippen LogP contribution in [0.2, 0.25) is 0 Å². The van der Waals surface area contributed by atoms with Crippen LogP contribution in [0, 0.1) is 0 Å². The monoisotopic (exact) mass is 252 g/mol. The predicted octanol–water partition coefficient (Wildman–Crippen LogP) is 1.67. The van der Waals surface area contributed by atoms with E-state index < -0.39 is 0 Å². The molecule has 1 N–H and O–H groups in total. The Bertz CT molecular complexity index is 354. The van der Waals surface area contributed by atoms with Crippen molar-refractivity contribution in [3.63, 3.8) is 0 Å². The quantitative estimate of drug-likeness (QED) is 0.801. The molecule has 1 aromatic rings. The summed E-state index contributed by atoms with van der Waals surface area (Å²) in [6.07, 6.45) is 6.24. The number of nitrogens with one attached hydrogen (secondary N) is 1. The molecule has 0 saturated heterocycles. The van der Waals surface area contributed by atoms with Gasteiger partial charge in [-0.25, -0.2) is 0 Å². The van der Waals surface area contributed by atoms with Crippen molar-refractivity contribution in [1.29, 1.82) is 0 Å². The summed E-state index contributed by atoms with van der Waals surface area (Å²) in [6.45, 7) is 7.84. The molecule has 0 aromatic carbocycles. The van der Waals surface area contributed by atoms with Crippen molar-refractivity contribution >= 4 is 0 Å². The van der Waals surface area contributed by atoms with E-state index in [1.54, 1.807) is 0 Å². The molecule has 0 radical (unpaired) electrons. The number of nitrogens with zero attached hydrogens (tertiary/aromatic N) is 3.